The number of rotatable bonds is 4. The zero-order valence-corrected chi connectivity index (χ0v) is 12.6. The maximum atomic E-state index is 11.9. The van der Waals surface area contributed by atoms with Gasteiger partial charge in [-0.1, -0.05) is 41.4 Å². The van der Waals surface area contributed by atoms with Crippen LogP contribution in [0.25, 0.3) is 11.1 Å². The number of unbranched alkanes of at least 4 members (excludes halogenated alkanes) is 1. The number of benzene rings is 1. The molecule has 1 heterocycles. The Hall–Kier alpha value is -1.82. The molecule has 0 fully saturated rings. The normalized spacial score (nSPS) is 10.7. The number of aromatic amines is 1. The fourth-order valence-corrected chi connectivity index (χ4v) is 2.22. The first-order chi connectivity index (χ1) is 9.54. The van der Waals surface area contributed by atoms with Gasteiger partial charge in [0.25, 0.3) is 5.56 Å². The number of nitrogens with one attached hydrogen (secondary N) is 1. The van der Waals surface area contributed by atoms with E-state index in [2.05, 4.69) is 20.9 Å². The van der Waals surface area contributed by atoms with Gasteiger partial charge in [0.05, 0.1) is 0 Å². The molecule has 1 aromatic heterocycles. The van der Waals surface area contributed by atoms with Crippen molar-refractivity contribution in [2.45, 2.75) is 26.3 Å². The highest BCUT2D eigenvalue weighted by Crippen LogP contribution is 2.25. The van der Waals surface area contributed by atoms with Crippen LogP contribution in [0.1, 0.15) is 19.8 Å². The molecule has 0 aliphatic rings. The number of nitrogens with zero attached hydrogens (tertiary/aromatic N) is 1. The van der Waals surface area contributed by atoms with Gasteiger partial charge in [-0.2, -0.15) is 0 Å². The smallest absolute Gasteiger partial charge is 0.331 e. The summed E-state index contributed by atoms with van der Waals surface area (Å²) in [6.07, 6.45) is 1.64. The molecule has 20 heavy (non-hydrogen) atoms. The molecule has 0 spiro atoms. The molecule has 1 aromatic carbocycles. The molecule has 0 aliphatic heterocycles. The molecule has 6 heteroatoms. The fraction of sp³-hybridized carbons (Fsp3) is 0.286. The molecule has 106 valence electrons. The Morgan fingerprint density at radius 2 is 1.90 bits per heavy atom. The second-order valence-corrected chi connectivity index (χ2v) is 5.39. The highest BCUT2D eigenvalue weighted by Gasteiger charge is 2.15. The molecule has 0 radical (unpaired) electrons. The van der Waals surface area contributed by atoms with Crippen LogP contribution < -0.4 is 11.2 Å². The van der Waals surface area contributed by atoms with Gasteiger partial charge >= 0.3 is 5.69 Å². The molecular weight excluding hydrogens is 324 g/mol. The van der Waals surface area contributed by atoms with Crippen LogP contribution in [-0.2, 0) is 6.54 Å². The van der Waals surface area contributed by atoms with Crippen LogP contribution in [0, 0.1) is 0 Å². The first kappa shape index (κ1) is 14.6. The van der Waals surface area contributed by atoms with Crippen molar-refractivity contribution in [3.05, 3.63) is 49.6 Å². The molecule has 2 aromatic rings. The SMILES string of the molecule is CCCCn1c(O)c(-c2ccc(Br)cc2)c(=O)[nH]c1=O. The standard InChI is InChI=1S/C14H15BrN2O3/c1-2-3-8-17-13(19)11(12(18)16-14(17)20)9-4-6-10(15)7-5-9/h4-7,19H,2-3,8H2,1H3,(H,16,18,20). The van der Waals surface area contributed by atoms with Crippen molar-refractivity contribution in [1.29, 1.82) is 0 Å². The summed E-state index contributed by atoms with van der Waals surface area (Å²) in [5.41, 5.74) is -0.477. The van der Waals surface area contributed by atoms with E-state index in [9.17, 15) is 14.7 Å². The Morgan fingerprint density at radius 1 is 1.25 bits per heavy atom. The van der Waals surface area contributed by atoms with E-state index in [1.54, 1.807) is 24.3 Å². The molecule has 0 atom stereocenters. The van der Waals surface area contributed by atoms with E-state index in [1.807, 2.05) is 6.92 Å². The van der Waals surface area contributed by atoms with Gasteiger partial charge in [0, 0.05) is 11.0 Å². The van der Waals surface area contributed by atoms with E-state index < -0.39 is 11.2 Å². The zero-order valence-electron chi connectivity index (χ0n) is 11.0. The van der Waals surface area contributed by atoms with E-state index in [0.717, 1.165) is 17.3 Å². The number of H-pyrrole nitrogens is 1. The fourth-order valence-electron chi connectivity index (χ4n) is 1.96. The zero-order chi connectivity index (χ0) is 14.7. The number of halogens is 1. The summed E-state index contributed by atoms with van der Waals surface area (Å²) in [5.74, 6) is -0.283. The lowest BCUT2D eigenvalue weighted by atomic mass is 10.1. The molecule has 0 unspecified atom stereocenters. The van der Waals surface area contributed by atoms with Gasteiger partial charge in [-0.3, -0.25) is 14.3 Å². The van der Waals surface area contributed by atoms with Crippen molar-refractivity contribution in [2.24, 2.45) is 0 Å². The third-order valence-corrected chi connectivity index (χ3v) is 3.57. The predicted molar refractivity (Wildman–Crippen MR) is 81.0 cm³/mol. The van der Waals surface area contributed by atoms with E-state index in [0.29, 0.717) is 12.1 Å². The van der Waals surface area contributed by atoms with Crippen LogP contribution in [0.5, 0.6) is 5.88 Å². The van der Waals surface area contributed by atoms with Gasteiger partial charge in [-0.05, 0) is 24.1 Å². The third-order valence-electron chi connectivity index (χ3n) is 3.04. The monoisotopic (exact) mass is 338 g/mol. The van der Waals surface area contributed by atoms with Crippen LogP contribution in [0.4, 0.5) is 0 Å². The van der Waals surface area contributed by atoms with Crippen LogP contribution in [-0.4, -0.2) is 14.7 Å². The lowest BCUT2D eigenvalue weighted by molar-refractivity contribution is 0.398. The number of hydrogen-bond acceptors (Lipinski definition) is 3. The minimum atomic E-state index is -0.582. The van der Waals surface area contributed by atoms with Gasteiger partial charge in [0.1, 0.15) is 5.56 Å². The summed E-state index contributed by atoms with van der Waals surface area (Å²) in [7, 11) is 0. The van der Waals surface area contributed by atoms with E-state index in [4.69, 9.17) is 0 Å². The molecule has 0 aliphatic carbocycles. The first-order valence-corrected chi connectivity index (χ1v) is 7.16. The summed E-state index contributed by atoms with van der Waals surface area (Å²) >= 11 is 3.31. The largest absolute Gasteiger partial charge is 0.494 e. The average molecular weight is 339 g/mol. The van der Waals surface area contributed by atoms with Crippen molar-refractivity contribution >= 4 is 15.9 Å². The van der Waals surface area contributed by atoms with Gasteiger partial charge in [-0.25, -0.2) is 4.79 Å². The summed E-state index contributed by atoms with van der Waals surface area (Å²) in [4.78, 5) is 25.9. The predicted octanol–water partition coefficient (Wildman–Crippen LogP) is 2.47. The van der Waals surface area contributed by atoms with E-state index >= 15 is 0 Å². The average Bonchev–Trinajstić information content (AvgIpc) is 2.40. The highest BCUT2D eigenvalue weighted by atomic mass is 79.9. The minimum absolute atomic E-state index is 0.119. The number of aromatic hydroxyl groups is 1. The minimum Gasteiger partial charge on any atom is -0.494 e. The maximum absolute atomic E-state index is 11.9. The van der Waals surface area contributed by atoms with E-state index in [-0.39, 0.29) is 11.4 Å². The molecule has 0 bridgehead atoms. The summed E-state index contributed by atoms with van der Waals surface area (Å²) in [6.45, 7) is 2.37. The number of aromatic nitrogens is 2. The second-order valence-electron chi connectivity index (χ2n) is 4.47. The molecule has 2 rings (SSSR count). The Morgan fingerprint density at radius 3 is 2.50 bits per heavy atom. The Bertz CT molecular complexity index is 717. The molecule has 0 saturated heterocycles. The topological polar surface area (TPSA) is 75.1 Å². The Kier molecular flexibility index (Phi) is 4.44. The van der Waals surface area contributed by atoms with Gasteiger partial charge < -0.3 is 5.11 Å². The van der Waals surface area contributed by atoms with Crippen molar-refractivity contribution < 1.29 is 5.11 Å². The van der Waals surface area contributed by atoms with Crippen LogP contribution in [0.15, 0.2) is 38.3 Å². The van der Waals surface area contributed by atoms with Crippen molar-refractivity contribution in [3.63, 3.8) is 0 Å². The molecular formula is C14H15BrN2O3. The molecule has 0 saturated carbocycles. The first-order valence-electron chi connectivity index (χ1n) is 6.36. The molecule has 5 nitrogen and oxygen atoms in total. The summed E-state index contributed by atoms with van der Waals surface area (Å²) in [5, 5.41) is 10.2. The maximum Gasteiger partial charge on any atom is 0.331 e. The van der Waals surface area contributed by atoms with Crippen molar-refractivity contribution in [2.75, 3.05) is 0 Å². The van der Waals surface area contributed by atoms with Crippen LogP contribution >= 0.6 is 15.9 Å². The van der Waals surface area contributed by atoms with E-state index in [1.165, 1.54) is 4.57 Å². The van der Waals surface area contributed by atoms with Crippen LogP contribution in [0.3, 0.4) is 0 Å². The van der Waals surface area contributed by atoms with Crippen LogP contribution in [0.2, 0.25) is 0 Å². The number of hydrogen-bond donors (Lipinski definition) is 2. The van der Waals surface area contributed by atoms with Gasteiger partial charge in [0.15, 0.2) is 0 Å². The quantitative estimate of drug-likeness (QED) is 0.899. The summed E-state index contributed by atoms with van der Waals surface area (Å²) in [6, 6.07) is 6.97. The Balaban J connectivity index is 2.61. The highest BCUT2D eigenvalue weighted by molar-refractivity contribution is 9.10. The van der Waals surface area contributed by atoms with Gasteiger partial charge in [0.2, 0.25) is 5.88 Å². The van der Waals surface area contributed by atoms with Crippen molar-refractivity contribution in [3.8, 4) is 17.0 Å². The van der Waals surface area contributed by atoms with Crippen molar-refractivity contribution in [1.82, 2.24) is 9.55 Å². The Labute approximate surface area is 124 Å². The molecule has 0 amide bonds. The van der Waals surface area contributed by atoms with Gasteiger partial charge in [-0.15, -0.1) is 0 Å². The second kappa shape index (κ2) is 6.09. The third kappa shape index (κ3) is 2.85. The lowest BCUT2D eigenvalue weighted by Crippen LogP contribution is -2.31. The molecule has 2 N–H and O–H groups in total. The lowest BCUT2D eigenvalue weighted by Gasteiger charge is -2.11. The summed E-state index contributed by atoms with van der Waals surface area (Å²) < 4.78 is 2.07.